The first-order valence-corrected chi connectivity index (χ1v) is 10.5. The van der Waals surface area contributed by atoms with Crippen LogP contribution in [0, 0.1) is 5.82 Å². The van der Waals surface area contributed by atoms with E-state index in [2.05, 4.69) is 4.98 Å². The smallest absolute Gasteiger partial charge is 0.346 e. The molecule has 1 aromatic heterocycles. The maximum atomic E-state index is 13.3. The number of halogens is 4. The minimum Gasteiger partial charge on any atom is -0.346 e. The van der Waals surface area contributed by atoms with Gasteiger partial charge in [-0.2, -0.15) is 13.2 Å². The van der Waals surface area contributed by atoms with Crippen LogP contribution in [0.4, 0.5) is 17.6 Å². The summed E-state index contributed by atoms with van der Waals surface area (Å²) < 4.78 is 50.7. The van der Waals surface area contributed by atoms with E-state index in [0.717, 1.165) is 17.8 Å². The molecule has 1 N–H and O–H groups in total. The van der Waals surface area contributed by atoms with Crippen molar-refractivity contribution in [3.05, 3.63) is 40.8 Å². The summed E-state index contributed by atoms with van der Waals surface area (Å²) in [4.78, 5) is 31.1. The first-order chi connectivity index (χ1) is 14.2. The maximum Gasteiger partial charge on any atom is 0.471 e. The predicted octanol–water partition coefficient (Wildman–Crippen LogP) is 4.11. The van der Waals surface area contributed by atoms with Crippen LogP contribution in [0.5, 0.6) is 0 Å². The van der Waals surface area contributed by atoms with Crippen LogP contribution in [0.15, 0.2) is 24.3 Å². The lowest BCUT2D eigenvalue weighted by Crippen LogP contribution is -2.46. The molecule has 2 aromatic rings. The Morgan fingerprint density at radius 1 is 1.17 bits per heavy atom. The fourth-order valence-corrected chi connectivity index (χ4v) is 4.78. The number of nitrogens with one attached hydrogen (secondary N) is 1. The highest BCUT2D eigenvalue weighted by molar-refractivity contribution is 7.15. The predicted molar refractivity (Wildman–Crippen MR) is 103 cm³/mol. The van der Waals surface area contributed by atoms with Crippen LogP contribution in [0.25, 0.3) is 10.4 Å². The lowest BCUT2D eigenvalue weighted by atomic mass is 10.1. The lowest BCUT2D eigenvalue weighted by Gasteiger charge is -2.25. The first kappa shape index (κ1) is 20.8. The van der Waals surface area contributed by atoms with Crippen LogP contribution in [0.3, 0.4) is 0 Å². The highest BCUT2D eigenvalue weighted by Gasteiger charge is 2.40. The molecule has 0 radical (unpaired) electrons. The summed E-state index contributed by atoms with van der Waals surface area (Å²) in [6, 6.07) is 5.26. The van der Waals surface area contributed by atoms with Crippen LogP contribution >= 0.6 is 11.3 Å². The van der Waals surface area contributed by atoms with Crippen LogP contribution < -0.4 is 5.32 Å². The van der Waals surface area contributed by atoms with Gasteiger partial charge < -0.3 is 10.2 Å². The monoisotopic (exact) mass is 441 g/mol. The second kappa shape index (κ2) is 7.98. The molecule has 1 aromatic carbocycles. The summed E-state index contributed by atoms with van der Waals surface area (Å²) in [6.07, 6.45) is -1.84. The van der Waals surface area contributed by atoms with E-state index < -0.39 is 23.9 Å². The van der Waals surface area contributed by atoms with Gasteiger partial charge in [0.1, 0.15) is 11.5 Å². The van der Waals surface area contributed by atoms with E-state index in [4.69, 9.17) is 0 Å². The second-order valence-corrected chi connectivity index (χ2v) is 8.54. The van der Waals surface area contributed by atoms with Crippen LogP contribution in [0.1, 0.15) is 47.1 Å². The fourth-order valence-electron chi connectivity index (χ4n) is 3.55. The SMILES string of the molecule is O=C(c1nc(C2CC2)sc1-c1ccc(F)cc1)N1CCCC1CNC(=O)C(F)(F)F. The molecule has 1 aliphatic carbocycles. The molecule has 10 heteroatoms. The Bertz CT molecular complexity index is 954. The fraction of sp³-hybridized carbons (Fsp3) is 0.450. The molecular weight excluding hydrogens is 422 g/mol. The van der Waals surface area contributed by atoms with E-state index in [1.165, 1.54) is 28.4 Å². The van der Waals surface area contributed by atoms with Gasteiger partial charge in [0.05, 0.1) is 9.88 Å². The minimum atomic E-state index is -4.96. The van der Waals surface area contributed by atoms with Gasteiger partial charge in [-0.25, -0.2) is 9.37 Å². The molecule has 4 rings (SSSR count). The van der Waals surface area contributed by atoms with Gasteiger partial charge in [-0.1, -0.05) is 12.1 Å². The molecule has 160 valence electrons. The molecule has 1 saturated carbocycles. The number of rotatable bonds is 5. The Kier molecular flexibility index (Phi) is 5.52. The number of aromatic nitrogens is 1. The number of amides is 2. The van der Waals surface area contributed by atoms with E-state index in [1.54, 1.807) is 12.1 Å². The van der Waals surface area contributed by atoms with Crippen molar-refractivity contribution in [2.75, 3.05) is 13.1 Å². The molecule has 1 unspecified atom stereocenters. The summed E-state index contributed by atoms with van der Waals surface area (Å²) in [5, 5.41) is 2.72. The highest BCUT2D eigenvalue weighted by atomic mass is 32.1. The van der Waals surface area contributed by atoms with E-state index in [-0.39, 0.29) is 18.1 Å². The van der Waals surface area contributed by atoms with Gasteiger partial charge in [0, 0.05) is 25.0 Å². The number of hydrogen-bond acceptors (Lipinski definition) is 4. The van der Waals surface area contributed by atoms with Crippen molar-refractivity contribution in [3.8, 4) is 10.4 Å². The molecule has 1 aliphatic heterocycles. The third-order valence-electron chi connectivity index (χ3n) is 5.27. The van der Waals surface area contributed by atoms with Crippen molar-refractivity contribution in [1.29, 1.82) is 0 Å². The Morgan fingerprint density at radius 2 is 1.87 bits per heavy atom. The molecule has 2 aliphatic rings. The van der Waals surface area contributed by atoms with Gasteiger partial charge in [0.15, 0.2) is 0 Å². The maximum absolute atomic E-state index is 13.3. The summed E-state index contributed by atoms with van der Waals surface area (Å²) >= 11 is 1.40. The number of carbonyl (C=O) groups is 2. The van der Waals surface area contributed by atoms with E-state index in [1.807, 2.05) is 5.32 Å². The number of nitrogens with zero attached hydrogens (tertiary/aromatic N) is 2. The molecule has 2 amide bonds. The average molecular weight is 441 g/mol. The zero-order chi connectivity index (χ0) is 21.5. The van der Waals surface area contributed by atoms with E-state index >= 15 is 0 Å². The number of likely N-dealkylation sites (tertiary alicyclic amines) is 1. The number of carbonyl (C=O) groups excluding carboxylic acids is 2. The van der Waals surface area contributed by atoms with Crippen LogP contribution in [-0.2, 0) is 4.79 Å². The zero-order valence-electron chi connectivity index (χ0n) is 15.8. The normalized spacial score (nSPS) is 19.2. The van der Waals surface area contributed by atoms with Gasteiger partial charge in [-0.3, -0.25) is 9.59 Å². The lowest BCUT2D eigenvalue weighted by molar-refractivity contribution is -0.173. The van der Waals surface area contributed by atoms with E-state index in [9.17, 15) is 27.2 Å². The Morgan fingerprint density at radius 3 is 2.50 bits per heavy atom. The van der Waals surface area contributed by atoms with Gasteiger partial charge in [0.2, 0.25) is 0 Å². The van der Waals surface area contributed by atoms with Gasteiger partial charge in [0.25, 0.3) is 5.91 Å². The number of benzene rings is 1. The first-order valence-electron chi connectivity index (χ1n) is 9.66. The number of hydrogen-bond donors (Lipinski definition) is 1. The molecule has 2 heterocycles. The Balaban J connectivity index is 1.57. The minimum absolute atomic E-state index is 0.238. The molecule has 1 atom stereocenters. The molecule has 1 saturated heterocycles. The van der Waals surface area contributed by atoms with E-state index in [0.29, 0.717) is 35.7 Å². The molecular formula is C20H19F4N3O2S. The van der Waals surface area contributed by atoms with Crippen molar-refractivity contribution in [2.45, 2.75) is 43.8 Å². The molecule has 5 nitrogen and oxygen atoms in total. The Labute approximate surface area is 174 Å². The van der Waals surface area contributed by atoms with Crippen molar-refractivity contribution in [1.82, 2.24) is 15.2 Å². The van der Waals surface area contributed by atoms with Gasteiger partial charge >= 0.3 is 12.1 Å². The average Bonchev–Trinajstić information content (AvgIpc) is 3.28. The van der Waals surface area contributed by atoms with Crippen molar-refractivity contribution in [2.24, 2.45) is 0 Å². The molecule has 0 bridgehead atoms. The highest BCUT2D eigenvalue weighted by Crippen LogP contribution is 2.45. The zero-order valence-corrected chi connectivity index (χ0v) is 16.7. The van der Waals surface area contributed by atoms with Gasteiger partial charge in [-0.15, -0.1) is 11.3 Å². The quantitative estimate of drug-likeness (QED) is 0.711. The Hall–Kier alpha value is -2.49. The summed E-state index contributed by atoms with van der Waals surface area (Å²) in [7, 11) is 0. The van der Waals surface area contributed by atoms with Crippen molar-refractivity contribution in [3.63, 3.8) is 0 Å². The largest absolute Gasteiger partial charge is 0.471 e. The number of thiazole rings is 1. The molecule has 30 heavy (non-hydrogen) atoms. The number of alkyl halides is 3. The molecule has 0 spiro atoms. The topological polar surface area (TPSA) is 62.3 Å². The summed E-state index contributed by atoms with van der Waals surface area (Å²) in [6.45, 7) is 0.111. The van der Waals surface area contributed by atoms with Crippen molar-refractivity contribution < 1.29 is 27.2 Å². The summed E-state index contributed by atoms with van der Waals surface area (Å²) in [5.41, 5.74) is 0.910. The third-order valence-corrected chi connectivity index (χ3v) is 6.54. The van der Waals surface area contributed by atoms with Crippen LogP contribution in [0.2, 0.25) is 0 Å². The third kappa shape index (κ3) is 4.33. The van der Waals surface area contributed by atoms with Gasteiger partial charge in [-0.05, 0) is 43.4 Å². The standard InChI is InChI=1S/C20H19F4N3O2S/c21-13-7-5-11(6-8-13)16-15(26-17(30-16)12-3-4-12)18(28)27-9-1-2-14(27)10-25-19(29)20(22,23)24/h5-8,12,14H,1-4,9-10H2,(H,25,29). The summed E-state index contributed by atoms with van der Waals surface area (Å²) in [5.74, 6) is -2.46. The van der Waals surface area contributed by atoms with Crippen molar-refractivity contribution >= 4 is 23.2 Å². The molecule has 2 fully saturated rings. The van der Waals surface area contributed by atoms with Crippen LogP contribution in [-0.4, -0.2) is 47.0 Å². The second-order valence-electron chi connectivity index (χ2n) is 7.51.